The molecule has 28 heavy (non-hydrogen) atoms. The van der Waals surface area contributed by atoms with Crippen molar-refractivity contribution < 1.29 is 23.2 Å². The summed E-state index contributed by atoms with van der Waals surface area (Å²) in [5.41, 5.74) is 6.19. The van der Waals surface area contributed by atoms with Crippen LogP contribution in [0.3, 0.4) is 0 Å². The number of nitrogens with zero attached hydrogens (tertiary/aromatic N) is 2. The zero-order valence-corrected chi connectivity index (χ0v) is 14.8. The fourth-order valence-electron chi connectivity index (χ4n) is 3.04. The Labute approximate surface area is 160 Å². The highest BCUT2D eigenvalue weighted by Crippen LogP contribution is 2.33. The van der Waals surface area contributed by atoms with Gasteiger partial charge in [0.2, 0.25) is 0 Å². The number of nitrogens with two attached hydrogens (primary N) is 1. The predicted molar refractivity (Wildman–Crippen MR) is 98.6 cm³/mol. The molecule has 142 valence electrons. The van der Waals surface area contributed by atoms with Gasteiger partial charge in [0.05, 0.1) is 18.1 Å². The van der Waals surface area contributed by atoms with Crippen molar-refractivity contribution >= 4 is 17.5 Å². The van der Waals surface area contributed by atoms with Crippen molar-refractivity contribution in [1.82, 2.24) is 5.01 Å². The second-order valence-electron chi connectivity index (χ2n) is 6.15. The third kappa shape index (κ3) is 3.39. The van der Waals surface area contributed by atoms with Gasteiger partial charge in [-0.05, 0) is 36.4 Å². The summed E-state index contributed by atoms with van der Waals surface area (Å²) >= 11 is 0. The number of benzene rings is 1. The lowest BCUT2D eigenvalue weighted by Gasteiger charge is -2.20. The van der Waals surface area contributed by atoms with Gasteiger partial charge in [0.15, 0.2) is 6.61 Å². The number of hydrazone groups is 1. The van der Waals surface area contributed by atoms with E-state index in [2.05, 4.69) is 5.10 Å². The predicted octanol–water partition coefficient (Wildman–Crippen LogP) is 2.73. The molecule has 1 aliphatic heterocycles. The molecule has 2 N–H and O–H groups in total. The summed E-state index contributed by atoms with van der Waals surface area (Å²) in [7, 11) is 0. The summed E-state index contributed by atoms with van der Waals surface area (Å²) in [6.07, 6.45) is 3.54. The molecule has 1 unspecified atom stereocenters. The maximum atomic E-state index is 12.8. The zero-order valence-electron chi connectivity index (χ0n) is 14.8. The summed E-state index contributed by atoms with van der Waals surface area (Å²) < 4.78 is 16.4. The Kier molecular flexibility index (Phi) is 4.67. The topological polar surface area (TPSA) is 111 Å². The first kappa shape index (κ1) is 17.6. The van der Waals surface area contributed by atoms with Crippen LogP contribution in [-0.2, 0) is 4.79 Å². The van der Waals surface area contributed by atoms with Crippen LogP contribution < -0.4 is 10.5 Å². The molecule has 2 amide bonds. The summed E-state index contributed by atoms with van der Waals surface area (Å²) in [5.74, 6) is 0.424. The Bertz CT molecular complexity index is 1010. The van der Waals surface area contributed by atoms with E-state index in [1.807, 2.05) is 0 Å². The Morgan fingerprint density at radius 3 is 2.61 bits per heavy atom. The minimum absolute atomic E-state index is 0.207. The van der Waals surface area contributed by atoms with Gasteiger partial charge in [0, 0.05) is 6.42 Å². The van der Waals surface area contributed by atoms with Crippen LogP contribution in [0.1, 0.15) is 34.3 Å². The van der Waals surface area contributed by atoms with Gasteiger partial charge >= 0.3 is 0 Å². The fourth-order valence-corrected chi connectivity index (χ4v) is 3.04. The van der Waals surface area contributed by atoms with E-state index in [0.29, 0.717) is 23.7 Å². The molecule has 8 nitrogen and oxygen atoms in total. The summed E-state index contributed by atoms with van der Waals surface area (Å²) in [5, 5.41) is 5.74. The molecule has 0 radical (unpaired) electrons. The number of primary amides is 1. The van der Waals surface area contributed by atoms with Crippen LogP contribution in [0.25, 0.3) is 0 Å². The van der Waals surface area contributed by atoms with Gasteiger partial charge in [-0.25, -0.2) is 5.01 Å². The van der Waals surface area contributed by atoms with Crippen molar-refractivity contribution in [3.63, 3.8) is 0 Å². The number of amides is 2. The number of furan rings is 2. The Morgan fingerprint density at radius 2 is 1.89 bits per heavy atom. The van der Waals surface area contributed by atoms with Gasteiger partial charge in [-0.15, -0.1) is 0 Å². The van der Waals surface area contributed by atoms with E-state index in [9.17, 15) is 9.59 Å². The van der Waals surface area contributed by atoms with Crippen molar-refractivity contribution in [3.8, 4) is 5.75 Å². The van der Waals surface area contributed by atoms with E-state index in [1.54, 1.807) is 55.0 Å². The Morgan fingerprint density at radius 1 is 1.11 bits per heavy atom. The molecule has 0 saturated heterocycles. The average molecular weight is 379 g/mol. The SMILES string of the molecule is NC(=O)c1ccccc1OCC(=O)N1N=C(c2ccco2)CC1c1ccco1. The lowest BCUT2D eigenvalue weighted by molar-refractivity contribution is -0.135. The molecule has 3 heterocycles. The van der Waals surface area contributed by atoms with E-state index >= 15 is 0 Å². The van der Waals surface area contributed by atoms with E-state index in [-0.39, 0.29) is 23.8 Å². The van der Waals surface area contributed by atoms with E-state index in [1.165, 1.54) is 11.1 Å². The normalized spacial score (nSPS) is 16.1. The third-order valence-corrected chi connectivity index (χ3v) is 4.35. The number of rotatable bonds is 6. The van der Waals surface area contributed by atoms with Crippen LogP contribution in [-0.4, -0.2) is 29.1 Å². The van der Waals surface area contributed by atoms with Gasteiger partial charge in [-0.3, -0.25) is 9.59 Å². The minimum Gasteiger partial charge on any atom is -0.483 e. The lowest BCUT2D eigenvalue weighted by atomic mass is 10.1. The van der Waals surface area contributed by atoms with Crippen molar-refractivity contribution in [2.24, 2.45) is 10.8 Å². The molecule has 0 saturated carbocycles. The van der Waals surface area contributed by atoms with Crippen molar-refractivity contribution in [1.29, 1.82) is 0 Å². The Balaban J connectivity index is 1.55. The highest BCUT2D eigenvalue weighted by molar-refractivity contribution is 6.01. The standard InChI is InChI=1S/C20H17N3O5/c21-20(25)13-5-1-2-6-16(13)28-12-19(24)23-15(18-8-4-10-27-18)11-14(22-23)17-7-3-9-26-17/h1-10,15H,11-12H2,(H2,21,25). The monoisotopic (exact) mass is 379 g/mol. The van der Waals surface area contributed by atoms with E-state index < -0.39 is 11.9 Å². The number of hydrogen-bond acceptors (Lipinski definition) is 6. The maximum Gasteiger partial charge on any atom is 0.281 e. The maximum absolute atomic E-state index is 12.8. The summed E-state index contributed by atoms with van der Waals surface area (Å²) in [4.78, 5) is 24.3. The highest BCUT2D eigenvalue weighted by atomic mass is 16.5. The first-order valence-electron chi connectivity index (χ1n) is 8.62. The van der Waals surface area contributed by atoms with Gasteiger partial charge < -0.3 is 19.3 Å². The van der Waals surface area contributed by atoms with Gasteiger partial charge in [-0.2, -0.15) is 5.10 Å². The highest BCUT2D eigenvalue weighted by Gasteiger charge is 2.36. The van der Waals surface area contributed by atoms with Crippen LogP contribution in [0.4, 0.5) is 0 Å². The van der Waals surface area contributed by atoms with Crippen LogP contribution in [0.15, 0.2) is 75.0 Å². The summed E-state index contributed by atoms with van der Waals surface area (Å²) in [6, 6.07) is 13.2. The molecule has 0 bridgehead atoms. The Hall–Kier alpha value is -3.81. The molecular formula is C20H17N3O5. The van der Waals surface area contributed by atoms with Gasteiger partial charge in [0.1, 0.15) is 29.0 Å². The molecule has 3 aromatic rings. The first-order valence-corrected chi connectivity index (χ1v) is 8.62. The second-order valence-corrected chi connectivity index (χ2v) is 6.15. The molecule has 1 atom stereocenters. The largest absolute Gasteiger partial charge is 0.483 e. The average Bonchev–Trinajstić information content (AvgIpc) is 3.46. The number of para-hydroxylation sites is 1. The number of carbonyl (C=O) groups is 2. The third-order valence-electron chi connectivity index (χ3n) is 4.35. The zero-order chi connectivity index (χ0) is 19.5. The molecule has 4 rings (SSSR count). The molecule has 0 aliphatic carbocycles. The lowest BCUT2D eigenvalue weighted by Crippen LogP contribution is -2.31. The van der Waals surface area contributed by atoms with Crippen molar-refractivity contribution in [2.75, 3.05) is 6.61 Å². The smallest absolute Gasteiger partial charge is 0.281 e. The first-order chi connectivity index (χ1) is 13.6. The van der Waals surface area contributed by atoms with E-state index in [4.69, 9.17) is 19.3 Å². The van der Waals surface area contributed by atoms with Crippen LogP contribution in [0, 0.1) is 0 Å². The number of hydrogen-bond donors (Lipinski definition) is 1. The van der Waals surface area contributed by atoms with Crippen molar-refractivity contribution in [2.45, 2.75) is 12.5 Å². The molecule has 1 aromatic carbocycles. The summed E-state index contributed by atoms with van der Waals surface area (Å²) in [6.45, 7) is -0.309. The van der Waals surface area contributed by atoms with Crippen LogP contribution >= 0.6 is 0 Å². The second kappa shape index (κ2) is 7.43. The molecule has 0 fully saturated rings. The van der Waals surface area contributed by atoms with Gasteiger partial charge in [0.25, 0.3) is 11.8 Å². The van der Waals surface area contributed by atoms with E-state index in [0.717, 1.165) is 0 Å². The van der Waals surface area contributed by atoms with Crippen molar-refractivity contribution in [3.05, 3.63) is 78.1 Å². The molecule has 0 spiro atoms. The molecular weight excluding hydrogens is 362 g/mol. The minimum atomic E-state index is -0.629. The van der Waals surface area contributed by atoms with Gasteiger partial charge in [-0.1, -0.05) is 12.1 Å². The quantitative estimate of drug-likeness (QED) is 0.708. The molecule has 8 heteroatoms. The van der Waals surface area contributed by atoms with Crippen LogP contribution in [0.5, 0.6) is 5.75 Å². The molecule has 2 aromatic heterocycles. The van der Waals surface area contributed by atoms with Crippen LogP contribution in [0.2, 0.25) is 0 Å². The number of carbonyl (C=O) groups excluding carboxylic acids is 2. The molecule has 1 aliphatic rings. The number of ether oxygens (including phenoxy) is 1. The fraction of sp³-hybridized carbons (Fsp3) is 0.150.